The van der Waals surface area contributed by atoms with Crippen LogP contribution in [0.3, 0.4) is 0 Å². The van der Waals surface area contributed by atoms with E-state index in [1.165, 1.54) is 21.1 Å². The van der Waals surface area contributed by atoms with Gasteiger partial charge in [0.2, 0.25) is 5.91 Å². The molecular formula is C19H24N2O2S. The maximum Gasteiger partial charge on any atom is 0.264 e. The second kappa shape index (κ2) is 8.11. The van der Waals surface area contributed by atoms with Crippen LogP contribution in [0.2, 0.25) is 0 Å². The number of rotatable bonds is 6. The molecule has 4 nitrogen and oxygen atoms in total. The van der Waals surface area contributed by atoms with Gasteiger partial charge in [-0.2, -0.15) is 0 Å². The first-order chi connectivity index (χ1) is 11.5. The normalized spacial score (nSPS) is 10.5. The van der Waals surface area contributed by atoms with E-state index in [0.717, 1.165) is 29.7 Å². The Morgan fingerprint density at radius 3 is 2.50 bits per heavy atom. The molecule has 1 N–H and O–H groups in total. The number of thiophene rings is 1. The van der Waals surface area contributed by atoms with Crippen LogP contribution in [-0.4, -0.2) is 30.3 Å². The van der Waals surface area contributed by atoms with E-state index in [9.17, 15) is 9.59 Å². The van der Waals surface area contributed by atoms with Crippen LogP contribution in [0.1, 0.15) is 39.5 Å². The Balaban J connectivity index is 2.01. The summed E-state index contributed by atoms with van der Waals surface area (Å²) < 4.78 is 0. The molecule has 5 heteroatoms. The summed E-state index contributed by atoms with van der Waals surface area (Å²) in [4.78, 5) is 28.1. The number of carbonyl (C=O) groups excluding carboxylic acids is 2. The average molecular weight is 344 g/mol. The van der Waals surface area contributed by atoms with Crippen LogP contribution in [0.4, 0.5) is 5.69 Å². The van der Waals surface area contributed by atoms with Crippen molar-refractivity contribution in [3.05, 3.63) is 51.2 Å². The van der Waals surface area contributed by atoms with Gasteiger partial charge >= 0.3 is 0 Å². The number of amides is 2. The highest BCUT2D eigenvalue weighted by Gasteiger charge is 2.18. The molecule has 0 atom stereocenters. The fraction of sp³-hybridized carbons (Fsp3) is 0.368. The zero-order valence-electron chi connectivity index (χ0n) is 14.7. The monoisotopic (exact) mass is 344 g/mol. The number of benzene rings is 1. The molecule has 1 aromatic heterocycles. The molecule has 0 aliphatic carbocycles. The smallest absolute Gasteiger partial charge is 0.264 e. The topological polar surface area (TPSA) is 49.4 Å². The van der Waals surface area contributed by atoms with Gasteiger partial charge in [-0.25, -0.2) is 0 Å². The number of carbonyl (C=O) groups is 2. The summed E-state index contributed by atoms with van der Waals surface area (Å²) >= 11 is 1.51. The Bertz CT molecular complexity index is 737. The van der Waals surface area contributed by atoms with Crippen LogP contribution in [-0.2, 0) is 17.6 Å². The van der Waals surface area contributed by atoms with E-state index in [2.05, 4.69) is 12.2 Å². The molecule has 0 unspecified atom stereocenters. The number of likely N-dealkylation sites (N-methyl/N-ethyl adjacent to an activating group) is 1. The largest absolute Gasteiger partial charge is 0.332 e. The highest BCUT2D eigenvalue weighted by atomic mass is 32.1. The van der Waals surface area contributed by atoms with Crippen molar-refractivity contribution in [2.45, 2.75) is 33.6 Å². The SMILES string of the molecule is CCc1ccccc1NC(=O)CN(C)C(=O)c1cc(C)c(CC)s1. The molecule has 2 aromatic rings. The molecule has 2 amide bonds. The first-order valence-corrected chi connectivity index (χ1v) is 9.00. The lowest BCUT2D eigenvalue weighted by Crippen LogP contribution is -2.34. The molecule has 0 spiro atoms. The van der Waals surface area contributed by atoms with Crippen molar-refractivity contribution in [3.63, 3.8) is 0 Å². The number of nitrogens with zero attached hydrogens (tertiary/aromatic N) is 1. The van der Waals surface area contributed by atoms with Crippen molar-refractivity contribution < 1.29 is 9.59 Å². The maximum atomic E-state index is 12.5. The summed E-state index contributed by atoms with van der Waals surface area (Å²) in [7, 11) is 1.66. The van der Waals surface area contributed by atoms with Gasteiger partial charge in [0.05, 0.1) is 11.4 Å². The van der Waals surface area contributed by atoms with E-state index in [1.54, 1.807) is 7.05 Å². The molecule has 0 saturated carbocycles. The third-order valence-corrected chi connectivity index (χ3v) is 5.32. The summed E-state index contributed by atoms with van der Waals surface area (Å²) in [6.45, 7) is 6.18. The fourth-order valence-corrected chi connectivity index (χ4v) is 3.70. The number of aryl methyl sites for hydroxylation is 3. The van der Waals surface area contributed by atoms with Crippen LogP contribution < -0.4 is 5.32 Å². The molecule has 24 heavy (non-hydrogen) atoms. The van der Waals surface area contributed by atoms with Gasteiger partial charge < -0.3 is 10.2 Å². The van der Waals surface area contributed by atoms with E-state index in [0.29, 0.717) is 4.88 Å². The minimum absolute atomic E-state index is 0.0370. The van der Waals surface area contributed by atoms with Crippen molar-refractivity contribution >= 4 is 28.8 Å². The molecule has 0 aliphatic rings. The Labute approximate surface area is 147 Å². The standard InChI is InChI=1S/C19H24N2O2S/c1-5-14-9-7-8-10-15(14)20-18(22)12-21(4)19(23)17-11-13(3)16(6-2)24-17/h7-11H,5-6,12H2,1-4H3,(H,20,22). The lowest BCUT2D eigenvalue weighted by atomic mass is 10.1. The lowest BCUT2D eigenvalue weighted by molar-refractivity contribution is -0.116. The van der Waals surface area contributed by atoms with E-state index < -0.39 is 0 Å². The highest BCUT2D eigenvalue weighted by Crippen LogP contribution is 2.23. The van der Waals surface area contributed by atoms with Gasteiger partial charge in [-0.15, -0.1) is 11.3 Å². The molecular weight excluding hydrogens is 320 g/mol. The zero-order chi connectivity index (χ0) is 17.7. The van der Waals surface area contributed by atoms with E-state index >= 15 is 0 Å². The Morgan fingerprint density at radius 1 is 1.17 bits per heavy atom. The van der Waals surface area contributed by atoms with Crippen molar-refractivity contribution in [3.8, 4) is 0 Å². The Morgan fingerprint density at radius 2 is 1.88 bits per heavy atom. The molecule has 0 bridgehead atoms. The average Bonchev–Trinajstić information content (AvgIpc) is 2.95. The quantitative estimate of drug-likeness (QED) is 0.864. The molecule has 0 radical (unpaired) electrons. The highest BCUT2D eigenvalue weighted by molar-refractivity contribution is 7.14. The van der Waals surface area contributed by atoms with Gasteiger partial charge in [-0.1, -0.05) is 32.0 Å². The van der Waals surface area contributed by atoms with Crippen LogP contribution in [0.15, 0.2) is 30.3 Å². The molecule has 128 valence electrons. The van der Waals surface area contributed by atoms with Crippen LogP contribution >= 0.6 is 11.3 Å². The van der Waals surface area contributed by atoms with Crippen LogP contribution in [0, 0.1) is 6.92 Å². The van der Waals surface area contributed by atoms with Crippen molar-refractivity contribution in [1.82, 2.24) is 4.90 Å². The lowest BCUT2D eigenvalue weighted by Gasteiger charge is -2.17. The molecule has 0 fully saturated rings. The summed E-state index contributed by atoms with van der Waals surface area (Å²) in [5.74, 6) is -0.294. The van der Waals surface area contributed by atoms with E-state index in [1.807, 2.05) is 44.2 Å². The summed E-state index contributed by atoms with van der Waals surface area (Å²) in [6, 6.07) is 9.63. The predicted octanol–water partition coefficient (Wildman–Crippen LogP) is 3.89. The molecule has 1 aromatic carbocycles. The number of nitrogens with one attached hydrogen (secondary N) is 1. The Kier molecular flexibility index (Phi) is 6.15. The first kappa shape index (κ1) is 18.2. The number of anilines is 1. The van der Waals surface area contributed by atoms with Gasteiger partial charge in [0.25, 0.3) is 5.91 Å². The molecule has 0 saturated heterocycles. The number of hydrogen-bond donors (Lipinski definition) is 1. The van der Waals surface area contributed by atoms with Gasteiger partial charge in [0, 0.05) is 17.6 Å². The molecule has 0 aliphatic heterocycles. The summed E-state index contributed by atoms with van der Waals surface area (Å²) in [5.41, 5.74) is 3.04. The number of hydrogen-bond acceptors (Lipinski definition) is 3. The second-order valence-electron chi connectivity index (χ2n) is 5.79. The van der Waals surface area contributed by atoms with Crippen molar-refractivity contribution in [2.75, 3.05) is 18.9 Å². The maximum absolute atomic E-state index is 12.5. The van der Waals surface area contributed by atoms with Gasteiger partial charge in [0.1, 0.15) is 0 Å². The summed E-state index contributed by atoms with van der Waals surface area (Å²) in [6.07, 6.45) is 1.77. The Hall–Kier alpha value is -2.14. The second-order valence-corrected chi connectivity index (χ2v) is 6.93. The van der Waals surface area contributed by atoms with E-state index in [4.69, 9.17) is 0 Å². The minimum atomic E-state index is -0.184. The fourth-order valence-electron chi connectivity index (χ4n) is 2.59. The third-order valence-electron chi connectivity index (χ3n) is 3.95. The van der Waals surface area contributed by atoms with Gasteiger partial charge in [0.15, 0.2) is 0 Å². The summed E-state index contributed by atoms with van der Waals surface area (Å²) in [5, 5.41) is 2.90. The third kappa shape index (κ3) is 4.23. The molecule has 1 heterocycles. The zero-order valence-corrected chi connectivity index (χ0v) is 15.5. The van der Waals surface area contributed by atoms with E-state index in [-0.39, 0.29) is 18.4 Å². The molecule has 2 rings (SSSR count). The minimum Gasteiger partial charge on any atom is -0.332 e. The van der Waals surface area contributed by atoms with Crippen LogP contribution in [0.25, 0.3) is 0 Å². The van der Waals surface area contributed by atoms with Crippen molar-refractivity contribution in [2.24, 2.45) is 0 Å². The van der Waals surface area contributed by atoms with Gasteiger partial charge in [-0.05, 0) is 43.0 Å². The number of para-hydroxylation sites is 1. The predicted molar refractivity (Wildman–Crippen MR) is 99.8 cm³/mol. The van der Waals surface area contributed by atoms with Crippen molar-refractivity contribution in [1.29, 1.82) is 0 Å². The first-order valence-electron chi connectivity index (χ1n) is 8.18. The van der Waals surface area contributed by atoms with Gasteiger partial charge in [-0.3, -0.25) is 9.59 Å². The van der Waals surface area contributed by atoms with Crippen LogP contribution in [0.5, 0.6) is 0 Å².